The Hall–Kier alpha value is -1.88. The monoisotopic (exact) mass is 379 g/mol. The molecule has 0 unspecified atom stereocenters. The van der Waals surface area contributed by atoms with Crippen LogP contribution in [0.4, 0.5) is 10.1 Å². The Balaban J connectivity index is 2.13. The average molecular weight is 380 g/mol. The van der Waals surface area contributed by atoms with Gasteiger partial charge in [-0.2, -0.15) is 0 Å². The maximum Gasteiger partial charge on any atom is 0.265 e. The summed E-state index contributed by atoms with van der Waals surface area (Å²) in [6.45, 7) is 5.74. The Morgan fingerprint density at radius 1 is 1.26 bits per heavy atom. The molecule has 0 aliphatic carbocycles. The highest BCUT2D eigenvalue weighted by atomic mass is 79.9. The number of rotatable bonds is 5. The van der Waals surface area contributed by atoms with Crippen LogP contribution in [0.3, 0.4) is 0 Å². The van der Waals surface area contributed by atoms with Crippen LogP contribution < -0.4 is 10.1 Å². The number of halogens is 2. The number of anilines is 1. The fourth-order valence-electron chi connectivity index (χ4n) is 2.11. The molecule has 0 fully saturated rings. The van der Waals surface area contributed by atoms with Crippen LogP contribution in [-0.4, -0.2) is 12.0 Å². The molecule has 0 radical (unpaired) electrons. The Morgan fingerprint density at radius 3 is 2.65 bits per heavy atom. The van der Waals surface area contributed by atoms with E-state index in [4.69, 9.17) is 4.74 Å². The van der Waals surface area contributed by atoms with Crippen LogP contribution in [0.15, 0.2) is 40.9 Å². The SMILES string of the molecule is CC[C@H](Oc1cc(C)ccc1C)C(=O)Nc1ccc(Br)cc1F. The summed E-state index contributed by atoms with van der Waals surface area (Å²) in [5.74, 6) is -0.188. The molecule has 2 aromatic carbocycles. The van der Waals surface area contributed by atoms with E-state index < -0.39 is 11.9 Å². The Morgan fingerprint density at radius 2 is 2.00 bits per heavy atom. The molecule has 0 bridgehead atoms. The first kappa shape index (κ1) is 17.5. The lowest BCUT2D eigenvalue weighted by atomic mass is 10.1. The van der Waals surface area contributed by atoms with Crippen LogP contribution in [0.1, 0.15) is 24.5 Å². The molecular formula is C18H19BrFNO2. The van der Waals surface area contributed by atoms with E-state index in [1.165, 1.54) is 12.1 Å². The van der Waals surface area contributed by atoms with Crippen molar-refractivity contribution in [3.05, 3.63) is 57.8 Å². The van der Waals surface area contributed by atoms with Crippen LogP contribution in [0, 0.1) is 19.7 Å². The van der Waals surface area contributed by atoms with Gasteiger partial charge in [-0.1, -0.05) is 35.0 Å². The van der Waals surface area contributed by atoms with Gasteiger partial charge in [0.1, 0.15) is 11.6 Å². The summed E-state index contributed by atoms with van der Waals surface area (Å²) in [5, 5.41) is 2.58. The zero-order chi connectivity index (χ0) is 17.0. The van der Waals surface area contributed by atoms with Gasteiger partial charge in [0.25, 0.3) is 5.91 Å². The summed E-state index contributed by atoms with van der Waals surface area (Å²) in [6.07, 6.45) is -0.198. The summed E-state index contributed by atoms with van der Waals surface area (Å²) < 4.78 is 20.3. The van der Waals surface area contributed by atoms with Gasteiger partial charge in [-0.25, -0.2) is 4.39 Å². The van der Waals surface area contributed by atoms with Gasteiger partial charge >= 0.3 is 0 Å². The van der Waals surface area contributed by atoms with E-state index in [2.05, 4.69) is 21.2 Å². The molecule has 1 N–H and O–H groups in total. The lowest BCUT2D eigenvalue weighted by Gasteiger charge is -2.19. The lowest BCUT2D eigenvalue weighted by molar-refractivity contribution is -0.122. The maximum atomic E-state index is 13.8. The minimum absolute atomic E-state index is 0.140. The number of ether oxygens (including phenoxy) is 1. The van der Waals surface area contributed by atoms with Gasteiger partial charge < -0.3 is 10.1 Å². The molecule has 0 aromatic heterocycles. The first-order valence-corrected chi connectivity index (χ1v) is 8.20. The van der Waals surface area contributed by atoms with Crippen molar-refractivity contribution in [2.45, 2.75) is 33.3 Å². The Labute approximate surface area is 144 Å². The molecule has 2 aromatic rings. The van der Waals surface area contributed by atoms with Crippen LogP contribution in [0.5, 0.6) is 5.75 Å². The number of carbonyl (C=O) groups excluding carboxylic acids is 1. The normalized spacial score (nSPS) is 11.9. The highest BCUT2D eigenvalue weighted by molar-refractivity contribution is 9.10. The van der Waals surface area contributed by atoms with Gasteiger partial charge in [-0.3, -0.25) is 4.79 Å². The van der Waals surface area contributed by atoms with Gasteiger partial charge in [-0.05, 0) is 55.7 Å². The number of carbonyl (C=O) groups is 1. The third kappa shape index (κ3) is 4.55. The number of aryl methyl sites for hydroxylation is 2. The third-order valence-electron chi connectivity index (χ3n) is 3.47. The van der Waals surface area contributed by atoms with Gasteiger partial charge in [-0.15, -0.1) is 0 Å². The molecule has 0 saturated heterocycles. The zero-order valence-electron chi connectivity index (χ0n) is 13.3. The summed E-state index contributed by atoms with van der Waals surface area (Å²) in [5.41, 5.74) is 2.15. The van der Waals surface area contributed by atoms with Crippen LogP contribution in [0.25, 0.3) is 0 Å². The highest BCUT2D eigenvalue weighted by Crippen LogP contribution is 2.23. The van der Waals surface area contributed by atoms with E-state index in [0.717, 1.165) is 11.1 Å². The first-order chi connectivity index (χ1) is 10.9. The molecule has 3 nitrogen and oxygen atoms in total. The summed E-state index contributed by atoms with van der Waals surface area (Å²) >= 11 is 3.19. The molecule has 0 spiro atoms. The van der Waals surface area contributed by atoms with Crippen LogP contribution >= 0.6 is 15.9 Å². The minimum atomic E-state index is -0.682. The molecule has 5 heteroatoms. The summed E-state index contributed by atoms with van der Waals surface area (Å²) in [6, 6.07) is 10.3. The van der Waals surface area contributed by atoms with Crippen molar-refractivity contribution in [3.63, 3.8) is 0 Å². The van der Waals surface area contributed by atoms with Crippen molar-refractivity contribution < 1.29 is 13.9 Å². The van der Waals surface area contributed by atoms with E-state index >= 15 is 0 Å². The second-order valence-electron chi connectivity index (χ2n) is 5.40. The number of benzene rings is 2. The summed E-state index contributed by atoms with van der Waals surface area (Å²) in [4.78, 5) is 12.4. The molecule has 0 aliphatic heterocycles. The predicted molar refractivity (Wildman–Crippen MR) is 93.4 cm³/mol. The molecular weight excluding hydrogens is 361 g/mol. The number of nitrogens with one attached hydrogen (secondary N) is 1. The summed E-state index contributed by atoms with van der Waals surface area (Å²) in [7, 11) is 0. The quantitative estimate of drug-likeness (QED) is 0.793. The third-order valence-corrected chi connectivity index (χ3v) is 3.96. The van der Waals surface area contributed by atoms with E-state index in [1.54, 1.807) is 6.07 Å². The smallest absolute Gasteiger partial charge is 0.265 e. The molecule has 0 saturated carbocycles. The van der Waals surface area contributed by atoms with Crippen molar-refractivity contribution in [2.24, 2.45) is 0 Å². The molecule has 2 rings (SSSR count). The Bertz CT molecular complexity index is 718. The van der Waals surface area contributed by atoms with Crippen molar-refractivity contribution in [1.29, 1.82) is 0 Å². The van der Waals surface area contributed by atoms with Crippen molar-refractivity contribution in [1.82, 2.24) is 0 Å². The van der Waals surface area contributed by atoms with Crippen molar-refractivity contribution in [2.75, 3.05) is 5.32 Å². The molecule has 0 aliphatic rings. The number of hydrogen-bond acceptors (Lipinski definition) is 2. The van der Waals surface area contributed by atoms with Gasteiger partial charge in [0, 0.05) is 4.47 Å². The van der Waals surface area contributed by atoms with Gasteiger partial charge in [0.15, 0.2) is 6.10 Å². The zero-order valence-corrected chi connectivity index (χ0v) is 14.9. The Kier molecular flexibility index (Phi) is 5.77. The standard InChI is InChI=1S/C18H19BrFNO2/c1-4-16(23-17-9-11(2)5-6-12(17)3)18(22)21-15-8-7-13(19)10-14(15)20/h5-10,16H,4H2,1-3H3,(H,21,22)/t16-/m0/s1. The molecule has 122 valence electrons. The fourth-order valence-corrected chi connectivity index (χ4v) is 2.45. The lowest BCUT2D eigenvalue weighted by Crippen LogP contribution is -2.32. The molecule has 23 heavy (non-hydrogen) atoms. The molecule has 0 heterocycles. The fraction of sp³-hybridized carbons (Fsp3) is 0.278. The molecule has 1 atom stereocenters. The average Bonchev–Trinajstić information content (AvgIpc) is 2.50. The van der Waals surface area contributed by atoms with E-state index in [0.29, 0.717) is 16.6 Å². The largest absolute Gasteiger partial charge is 0.480 e. The van der Waals surface area contributed by atoms with Gasteiger partial charge in [0.2, 0.25) is 0 Å². The molecule has 1 amide bonds. The van der Waals surface area contributed by atoms with Gasteiger partial charge in [0.05, 0.1) is 5.69 Å². The van der Waals surface area contributed by atoms with E-state index in [-0.39, 0.29) is 11.6 Å². The predicted octanol–water partition coefficient (Wildman–Crippen LogP) is 5.00. The second kappa shape index (κ2) is 7.59. The van der Waals surface area contributed by atoms with Crippen molar-refractivity contribution >= 4 is 27.5 Å². The number of amides is 1. The second-order valence-corrected chi connectivity index (χ2v) is 6.31. The first-order valence-electron chi connectivity index (χ1n) is 7.40. The van der Waals surface area contributed by atoms with Crippen molar-refractivity contribution in [3.8, 4) is 5.75 Å². The highest BCUT2D eigenvalue weighted by Gasteiger charge is 2.20. The topological polar surface area (TPSA) is 38.3 Å². The minimum Gasteiger partial charge on any atom is -0.480 e. The number of hydrogen-bond donors (Lipinski definition) is 1. The maximum absolute atomic E-state index is 13.8. The van der Waals surface area contributed by atoms with Crippen LogP contribution in [-0.2, 0) is 4.79 Å². The van der Waals surface area contributed by atoms with E-state index in [1.807, 2.05) is 39.0 Å². The van der Waals surface area contributed by atoms with E-state index in [9.17, 15) is 9.18 Å². The van der Waals surface area contributed by atoms with Crippen LogP contribution in [0.2, 0.25) is 0 Å².